The number of hydrogen-bond acceptors (Lipinski definition) is 3. The van der Waals surface area contributed by atoms with Crippen molar-refractivity contribution in [3.05, 3.63) is 84.9 Å². The number of anilines is 1. The minimum atomic E-state index is -0.260. The molecule has 1 amide bonds. The smallest absolute Gasteiger partial charge is 0.292 e. The van der Waals surface area contributed by atoms with Crippen LogP contribution in [-0.2, 0) is 0 Å². The lowest BCUT2D eigenvalue weighted by Crippen LogP contribution is -2.15. The summed E-state index contributed by atoms with van der Waals surface area (Å²) < 4.78 is 1.78. The zero-order valence-corrected chi connectivity index (χ0v) is 12.8. The van der Waals surface area contributed by atoms with Crippen molar-refractivity contribution in [2.75, 3.05) is 5.32 Å². The van der Waals surface area contributed by atoms with E-state index in [1.165, 1.54) is 0 Å². The number of pyridine rings is 2. The van der Waals surface area contributed by atoms with Crippen LogP contribution >= 0.6 is 0 Å². The van der Waals surface area contributed by atoms with Gasteiger partial charge in [0.1, 0.15) is 5.69 Å². The third-order valence-corrected chi connectivity index (χ3v) is 3.69. The maximum absolute atomic E-state index is 12.7. The van der Waals surface area contributed by atoms with Gasteiger partial charge in [-0.05, 0) is 36.4 Å². The van der Waals surface area contributed by atoms with Gasteiger partial charge < -0.3 is 5.32 Å². The SMILES string of the molecule is O=C(Nc1ccccc1)c1nc(-c2ccccn2)c2ccccn12. The number of nitrogens with one attached hydrogen (secondary N) is 1. The van der Waals surface area contributed by atoms with Crippen LogP contribution in [0.25, 0.3) is 16.9 Å². The van der Waals surface area contributed by atoms with Crippen LogP contribution in [0.5, 0.6) is 0 Å². The van der Waals surface area contributed by atoms with Crippen molar-refractivity contribution in [1.82, 2.24) is 14.4 Å². The first-order chi connectivity index (χ1) is 11.8. The highest BCUT2D eigenvalue weighted by Gasteiger charge is 2.18. The molecule has 0 saturated heterocycles. The number of amides is 1. The maximum Gasteiger partial charge on any atom is 0.292 e. The van der Waals surface area contributed by atoms with Crippen LogP contribution in [0.2, 0.25) is 0 Å². The summed E-state index contributed by atoms with van der Waals surface area (Å²) in [7, 11) is 0. The third kappa shape index (κ3) is 2.52. The number of benzene rings is 1. The normalized spacial score (nSPS) is 10.7. The number of rotatable bonds is 3. The Morgan fingerprint density at radius 2 is 1.71 bits per heavy atom. The minimum absolute atomic E-state index is 0.260. The van der Waals surface area contributed by atoms with Crippen LogP contribution in [0.15, 0.2) is 79.1 Å². The van der Waals surface area contributed by atoms with E-state index in [-0.39, 0.29) is 5.91 Å². The molecule has 0 bridgehead atoms. The van der Waals surface area contributed by atoms with Gasteiger partial charge in [0.15, 0.2) is 0 Å². The molecule has 24 heavy (non-hydrogen) atoms. The van der Waals surface area contributed by atoms with E-state index in [1.807, 2.05) is 72.9 Å². The molecule has 0 spiro atoms. The standard InChI is InChI=1S/C19H14N4O/c24-19(21-14-8-2-1-3-9-14)18-22-17(15-10-4-6-12-20-15)16-11-5-7-13-23(16)18/h1-13H,(H,21,24). The van der Waals surface area contributed by atoms with Crippen molar-refractivity contribution >= 4 is 17.1 Å². The highest BCUT2D eigenvalue weighted by atomic mass is 16.2. The van der Waals surface area contributed by atoms with Crippen LogP contribution < -0.4 is 5.32 Å². The van der Waals surface area contributed by atoms with Crippen molar-refractivity contribution in [3.8, 4) is 11.4 Å². The van der Waals surface area contributed by atoms with Gasteiger partial charge in [-0.2, -0.15) is 0 Å². The van der Waals surface area contributed by atoms with E-state index in [0.717, 1.165) is 16.9 Å². The Balaban J connectivity index is 1.80. The Morgan fingerprint density at radius 3 is 2.50 bits per heavy atom. The molecule has 4 aromatic rings. The van der Waals surface area contributed by atoms with E-state index >= 15 is 0 Å². The van der Waals surface area contributed by atoms with Crippen LogP contribution in [-0.4, -0.2) is 20.3 Å². The summed E-state index contributed by atoms with van der Waals surface area (Å²) in [6, 6.07) is 20.7. The second-order valence-electron chi connectivity index (χ2n) is 5.28. The first kappa shape index (κ1) is 14.1. The van der Waals surface area contributed by atoms with Crippen LogP contribution in [0.1, 0.15) is 10.6 Å². The molecule has 4 rings (SSSR count). The van der Waals surface area contributed by atoms with Gasteiger partial charge in [-0.1, -0.05) is 30.3 Å². The zero-order chi connectivity index (χ0) is 16.4. The molecule has 0 saturated carbocycles. The van der Waals surface area contributed by atoms with E-state index in [0.29, 0.717) is 11.5 Å². The summed E-state index contributed by atoms with van der Waals surface area (Å²) >= 11 is 0. The number of aromatic nitrogens is 3. The van der Waals surface area contributed by atoms with E-state index < -0.39 is 0 Å². The van der Waals surface area contributed by atoms with Crippen molar-refractivity contribution in [1.29, 1.82) is 0 Å². The number of para-hydroxylation sites is 1. The van der Waals surface area contributed by atoms with Gasteiger partial charge in [0.05, 0.1) is 11.2 Å². The first-order valence-corrected chi connectivity index (χ1v) is 7.58. The fourth-order valence-corrected chi connectivity index (χ4v) is 2.60. The molecule has 0 aliphatic heterocycles. The molecule has 3 heterocycles. The molecule has 0 radical (unpaired) electrons. The van der Waals surface area contributed by atoms with E-state index in [1.54, 1.807) is 10.6 Å². The Kier molecular flexibility index (Phi) is 3.51. The van der Waals surface area contributed by atoms with Crippen LogP contribution in [0.3, 0.4) is 0 Å². The average Bonchev–Trinajstić information content (AvgIpc) is 3.03. The van der Waals surface area contributed by atoms with Crippen LogP contribution in [0, 0.1) is 0 Å². The average molecular weight is 314 g/mol. The molecule has 5 heteroatoms. The zero-order valence-electron chi connectivity index (χ0n) is 12.8. The molecule has 1 aromatic carbocycles. The summed E-state index contributed by atoms with van der Waals surface area (Å²) in [4.78, 5) is 21.6. The number of fused-ring (bicyclic) bond motifs is 1. The largest absolute Gasteiger partial charge is 0.319 e. The minimum Gasteiger partial charge on any atom is -0.319 e. The van der Waals surface area contributed by atoms with E-state index in [4.69, 9.17) is 0 Å². The number of carbonyl (C=O) groups is 1. The van der Waals surface area contributed by atoms with Gasteiger partial charge in [-0.25, -0.2) is 4.98 Å². The summed E-state index contributed by atoms with van der Waals surface area (Å²) in [6.07, 6.45) is 3.54. The topological polar surface area (TPSA) is 59.3 Å². The Bertz CT molecular complexity index is 994. The van der Waals surface area contributed by atoms with E-state index in [9.17, 15) is 4.79 Å². The van der Waals surface area contributed by atoms with Crippen molar-refractivity contribution in [3.63, 3.8) is 0 Å². The quantitative estimate of drug-likeness (QED) is 0.628. The molecule has 0 unspecified atom stereocenters. The molecular formula is C19H14N4O. The fourth-order valence-electron chi connectivity index (χ4n) is 2.60. The highest BCUT2D eigenvalue weighted by Crippen LogP contribution is 2.23. The second kappa shape index (κ2) is 5.96. The van der Waals surface area contributed by atoms with Gasteiger partial charge >= 0.3 is 0 Å². The lowest BCUT2D eigenvalue weighted by atomic mass is 10.2. The fraction of sp³-hybridized carbons (Fsp3) is 0. The van der Waals surface area contributed by atoms with Gasteiger partial charge in [-0.3, -0.25) is 14.2 Å². The maximum atomic E-state index is 12.7. The van der Waals surface area contributed by atoms with Gasteiger partial charge in [0.2, 0.25) is 5.82 Å². The van der Waals surface area contributed by atoms with E-state index in [2.05, 4.69) is 15.3 Å². The molecule has 116 valence electrons. The summed E-state index contributed by atoms with van der Waals surface area (Å²) in [6.45, 7) is 0. The number of hydrogen-bond donors (Lipinski definition) is 1. The Morgan fingerprint density at radius 1 is 0.917 bits per heavy atom. The van der Waals surface area contributed by atoms with Gasteiger partial charge in [0.25, 0.3) is 5.91 Å². The van der Waals surface area contributed by atoms with Crippen molar-refractivity contribution in [2.45, 2.75) is 0 Å². The number of nitrogens with zero attached hydrogens (tertiary/aromatic N) is 3. The summed E-state index contributed by atoms with van der Waals surface area (Å²) in [5.41, 5.74) is 3.00. The van der Waals surface area contributed by atoms with Crippen molar-refractivity contribution < 1.29 is 4.79 Å². The molecule has 0 atom stereocenters. The summed E-state index contributed by atoms with van der Waals surface area (Å²) in [5, 5.41) is 2.87. The highest BCUT2D eigenvalue weighted by molar-refractivity contribution is 6.03. The molecule has 1 N–H and O–H groups in total. The predicted molar refractivity (Wildman–Crippen MR) is 92.8 cm³/mol. The number of imidazole rings is 1. The lowest BCUT2D eigenvalue weighted by molar-refractivity contribution is 0.101. The third-order valence-electron chi connectivity index (χ3n) is 3.69. The second-order valence-corrected chi connectivity index (χ2v) is 5.28. The Hall–Kier alpha value is -3.47. The van der Waals surface area contributed by atoms with Crippen LogP contribution in [0.4, 0.5) is 5.69 Å². The molecule has 0 aliphatic carbocycles. The first-order valence-electron chi connectivity index (χ1n) is 7.58. The molecular weight excluding hydrogens is 300 g/mol. The Labute approximate surface area is 138 Å². The van der Waals surface area contributed by atoms with Gasteiger partial charge in [-0.15, -0.1) is 0 Å². The van der Waals surface area contributed by atoms with Gasteiger partial charge in [0, 0.05) is 18.1 Å². The molecule has 0 aliphatic rings. The molecule has 0 fully saturated rings. The lowest BCUT2D eigenvalue weighted by Gasteiger charge is -2.03. The summed E-state index contributed by atoms with van der Waals surface area (Å²) in [5.74, 6) is 0.0692. The monoisotopic (exact) mass is 314 g/mol. The predicted octanol–water partition coefficient (Wildman–Crippen LogP) is 3.65. The molecule has 3 aromatic heterocycles. The van der Waals surface area contributed by atoms with Crippen molar-refractivity contribution in [2.24, 2.45) is 0 Å². The molecule has 5 nitrogen and oxygen atoms in total. The number of carbonyl (C=O) groups excluding carboxylic acids is 1.